The minimum absolute atomic E-state index is 0.0653. The van der Waals surface area contributed by atoms with E-state index in [1.165, 1.54) is 28.7 Å². The zero-order chi connectivity index (χ0) is 22.7. The first-order chi connectivity index (χ1) is 15.4. The first-order valence-corrected chi connectivity index (χ1v) is 10.6. The van der Waals surface area contributed by atoms with E-state index in [1.54, 1.807) is 12.1 Å². The molecule has 162 valence electrons. The number of carbonyl (C=O) groups is 2. The molecular formula is C25H21ClFN3O2. The zero-order valence-corrected chi connectivity index (χ0v) is 18.2. The molecule has 0 spiro atoms. The number of halogens is 2. The Morgan fingerprint density at radius 3 is 2.59 bits per heavy atom. The summed E-state index contributed by atoms with van der Waals surface area (Å²) in [5.74, 6) is -1.23. The van der Waals surface area contributed by atoms with Crippen molar-refractivity contribution in [3.05, 3.63) is 88.7 Å². The van der Waals surface area contributed by atoms with Gasteiger partial charge in [0.25, 0.3) is 0 Å². The minimum atomic E-state index is -0.571. The number of rotatable bonds is 5. The van der Waals surface area contributed by atoms with Crippen molar-refractivity contribution >= 4 is 46.2 Å². The molecule has 1 N–H and O–H groups in total. The van der Waals surface area contributed by atoms with Crippen LogP contribution in [0.25, 0.3) is 0 Å². The van der Waals surface area contributed by atoms with Crippen LogP contribution < -0.4 is 10.2 Å². The lowest BCUT2D eigenvalue weighted by Gasteiger charge is -2.22. The van der Waals surface area contributed by atoms with Gasteiger partial charge in [-0.1, -0.05) is 54.9 Å². The zero-order valence-electron chi connectivity index (χ0n) is 17.4. The van der Waals surface area contributed by atoms with Crippen LogP contribution in [0.2, 0.25) is 5.02 Å². The first-order valence-electron chi connectivity index (χ1n) is 10.3. The van der Waals surface area contributed by atoms with Crippen LogP contribution in [0.1, 0.15) is 24.5 Å². The maximum absolute atomic E-state index is 13.4. The molecule has 32 heavy (non-hydrogen) atoms. The van der Waals surface area contributed by atoms with Crippen molar-refractivity contribution < 1.29 is 14.0 Å². The van der Waals surface area contributed by atoms with E-state index in [0.717, 1.165) is 12.0 Å². The molecule has 0 bridgehead atoms. The van der Waals surface area contributed by atoms with E-state index in [1.807, 2.05) is 36.4 Å². The highest BCUT2D eigenvalue weighted by Gasteiger charge is 2.26. The first kappa shape index (κ1) is 21.7. The van der Waals surface area contributed by atoms with E-state index >= 15 is 0 Å². The van der Waals surface area contributed by atoms with E-state index in [4.69, 9.17) is 16.6 Å². The maximum atomic E-state index is 13.4. The fourth-order valence-corrected chi connectivity index (χ4v) is 3.72. The summed E-state index contributed by atoms with van der Waals surface area (Å²) in [5, 5.41) is 2.57. The van der Waals surface area contributed by atoms with Crippen molar-refractivity contribution in [2.45, 2.75) is 19.8 Å². The molecule has 5 nitrogen and oxygen atoms in total. The molecule has 4 rings (SSSR count). The third-order valence-electron chi connectivity index (χ3n) is 5.25. The molecule has 1 aliphatic heterocycles. The number of aryl methyl sites for hydroxylation is 1. The van der Waals surface area contributed by atoms with Crippen LogP contribution >= 0.6 is 11.6 Å². The largest absolute Gasteiger partial charge is 0.324 e. The molecule has 0 fully saturated rings. The molecule has 0 atom stereocenters. The van der Waals surface area contributed by atoms with Gasteiger partial charge in [-0.15, -0.1) is 0 Å². The van der Waals surface area contributed by atoms with Crippen LogP contribution in [0.3, 0.4) is 0 Å². The number of fused-ring (bicyclic) bond motifs is 1. The predicted molar refractivity (Wildman–Crippen MR) is 125 cm³/mol. The van der Waals surface area contributed by atoms with Gasteiger partial charge in [0.2, 0.25) is 11.8 Å². The Bertz CT molecular complexity index is 1210. The molecule has 0 unspecified atom stereocenters. The number of para-hydroxylation sites is 2. The SMILES string of the molecule is CCc1ccc(C2=Nc3ccccc3N(CC(=O)Nc3ccc(F)c(Cl)c3)C(=O)C2)cc1. The molecule has 3 aromatic carbocycles. The van der Waals surface area contributed by atoms with Gasteiger partial charge in [0.1, 0.15) is 12.4 Å². The number of nitrogens with zero attached hydrogens (tertiary/aromatic N) is 2. The van der Waals surface area contributed by atoms with Crippen LogP contribution in [0, 0.1) is 5.82 Å². The van der Waals surface area contributed by atoms with Crippen molar-refractivity contribution in [2.75, 3.05) is 16.8 Å². The molecule has 0 aliphatic carbocycles. The van der Waals surface area contributed by atoms with Gasteiger partial charge >= 0.3 is 0 Å². The summed E-state index contributed by atoms with van der Waals surface area (Å²) < 4.78 is 13.4. The second kappa shape index (κ2) is 9.32. The lowest BCUT2D eigenvalue weighted by molar-refractivity contribution is -0.120. The van der Waals surface area contributed by atoms with Crippen molar-refractivity contribution in [3.8, 4) is 0 Å². The lowest BCUT2D eigenvalue weighted by atomic mass is 10.0. The number of hydrogen-bond donors (Lipinski definition) is 1. The number of amides is 2. The van der Waals surface area contributed by atoms with Gasteiger partial charge in [0, 0.05) is 5.69 Å². The summed E-state index contributed by atoms with van der Waals surface area (Å²) in [6.45, 7) is 1.88. The van der Waals surface area contributed by atoms with Gasteiger partial charge < -0.3 is 10.2 Å². The molecule has 1 aliphatic rings. The summed E-state index contributed by atoms with van der Waals surface area (Å²) in [6.07, 6.45) is 0.993. The van der Waals surface area contributed by atoms with Crippen molar-refractivity contribution in [2.24, 2.45) is 4.99 Å². The van der Waals surface area contributed by atoms with E-state index in [9.17, 15) is 14.0 Å². The lowest BCUT2D eigenvalue weighted by Crippen LogP contribution is -2.38. The summed E-state index contributed by atoms with van der Waals surface area (Å²) in [4.78, 5) is 32.0. The van der Waals surface area contributed by atoms with E-state index in [2.05, 4.69) is 12.2 Å². The summed E-state index contributed by atoms with van der Waals surface area (Å²) in [5.41, 5.74) is 4.25. The average Bonchev–Trinajstić information content (AvgIpc) is 2.93. The molecule has 0 saturated heterocycles. The summed E-state index contributed by atoms with van der Waals surface area (Å²) >= 11 is 5.79. The third kappa shape index (κ3) is 4.70. The molecule has 0 aromatic heterocycles. The van der Waals surface area contributed by atoms with Crippen LogP contribution in [-0.4, -0.2) is 24.1 Å². The molecule has 0 radical (unpaired) electrons. The number of hydrogen-bond acceptors (Lipinski definition) is 3. The fraction of sp³-hybridized carbons (Fsp3) is 0.160. The van der Waals surface area contributed by atoms with E-state index < -0.39 is 11.7 Å². The Labute approximate surface area is 190 Å². The summed E-state index contributed by atoms with van der Waals surface area (Å²) in [7, 11) is 0. The molecule has 3 aromatic rings. The minimum Gasteiger partial charge on any atom is -0.324 e. The normalized spacial score (nSPS) is 13.3. The molecule has 2 amide bonds. The Hall–Kier alpha value is -3.51. The van der Waals surface area contributed by atoms with Crippen molar-refractivity contribution in [1.29, 1.82) is 0 Å². The number of benzene rings is 3. The number of anilines is 2. The highest BCUT2D eigenvalue weighted by atomic mass is 35.5. The van der Waals surface area contributed by atoms with Gasteiger partial charge in [-0.25, -0.2) is 4.39 Å². The molecule has 1 heterocycles. The van der Waals surface area contributed by atoms with Crippen molar-refractivity contribution in [3.63, 3.8) is 0 Å². The quantitative estimate of drug-likeness (QED) is 0.556. The van der Waals surface area contributed by atoms with Gasteiger partial charge in [-0.3, -0.25) is 14.6 Å². The van der Waals surface area contributed by atoms with Crippen LogP contribution in [0.15, 0.2) is 71.7 Å². The Balaban J connectivity index is 1.59. The predicted octanol–water partition coefficient (Wildman–Crippen LogP) is 5.54. The van der Waals surface area contributed by atoms with Gasteiger partial charge in [0.15, 0.2) is 0 Å². The smallest absolute Gasteiger partial charge is 0.244 e. The van der Waals surface area contributed by atoms with Gasteiger partial charge in [0.05, 0.1) is 28.5 Å². The Kier molecular flexibility index (Phi) is 6.32. The Morgan fingerprint density at radius 1 is 1.12 bits per heavy atom. The molecular weight excluding hydrogens is 429 g/mol. The molecule has 0 saturated carbocycles. The number of aliphatic imine (C=N–C) groups is 1. The topological polar surface area (TPSA) is 61.8 Å². The Morgan fingerprint density at radius 2 is 1.88 bits per heavy atom. The van der Waals surface area contributed by atoms with Gasteiger partial charge in [-0.05, 0) is 47.9 Å². The van der Waals surface area contributed by atoms with Gasteiger partial charge in [-0.2, -0.15) is 0 Å². The monoisotopic (exact) mass is 449 g/mol. The highest BCUT2D eigenvalue weighted by molar-refractivity contribution is 6.31. The van der Waals surface area contributed by atoms with Crippen LogP contribution in [-0.2, 0) is 16.0 Å². The maximum Gasteiger partial charge on any atom is 0.244 e. The standard InChI is InChI=1S/C25H21ClFN3O2/c1-2-16-7-9-17(10-8-16)22-14-25(32)30(23-6-4-3-5-21(23)29-22)15-24(31)28-18-11-12-20(27)19(26)13-18/h3-13H,2,14-15H2,1H3,(H,28,31). The fourth-order valence-electron chi connectivity index (χ4n) is 3.54. The van der Waals surface area contributed by atoms with Crippen LogP contribution in [0.4, 0.5) is 21.5 Å². The third-order valence-corrected chi connectivity index (χ3v) is 5.54. The van der Waals surface area contributed by atoms with E-state index in [-0.39, 0.29) is 23.9 Å². The second-order valence-corrected chi connectivity index (χ2v) is 7.84. The van der Waals surface area contributed by atoms with E-state index in [0.29, 0.717) is 22.8 Å². The average molecular weight is 450 g/mol. The highest BCUT2D eigenvalue weighted by Crippen LogP contribution is 2.33. The number of nitrogens with one attached hydrogen (secondary N) is 1. The van der Waals surface area contributed by atoms with Crippen LogP contribution in [0.5, 0.6) is 0 Å². The second-order valence-electron chi connectivity index (χ2n) is 7.43. The number of carbonyl (C=O) groups excluding carboxylic acids is 2. The molecule has 7 heteroatoms. The summed E-state index contributed by atoms with van der Waals surface area (Å²) in [6, 6.07) is 19.1. The van der Waals surface area contributed by atoms with Crippen molar-refractivity contribution in [1.82, 2.24) is 0 Å².